The molecule has 0 bridgehead atoms. The summed E-state index contributed by atoms with van der Waals surface area (Å²) in [6.07, 6.45) is 0.123. The fourth-order valence-corrected chi connectivity index (χ4v) is 3.66. The van der Waals surface area contributed by atoms with Gasteiger partial charge in [-0.3, -0.25) is 9.59 Å². The van der Waals surface area contributed by atoms with Crippen molar-refractivity contribution in [3.63, 3.8) is 0 Å². The highest BCUT2D eigenvalue weighted by Gasteiger charge is 2.14. The van der Waals surface area contributed by atoms with Gasteiger partial charge in [0.1, 0.15) is 0 Å². The third-order valence-corrected chi connectivity index (χ3v) is 5.51. The van der Waals surface area contributed by atoms with Gasteiger partial charge in [-0.25, -0.2) is 13.1 Å². The summed E-state index contributed by atoms with van der Waals surface area (Å²) in [5, 5.41) is 5.23. The maximum atomic E-state index is 12.3. The van der Waals surface area contributed by atoms with Crippen molar-refractivity contribution in [3.8, 4) is 11.5 Å². The second kappa shape index (κ2) is 10.6. The summed E-state index contributed by atoms with van der Waals surface area (Å²) in [4.78, 5) is 23.2. The Morgan fingerprint density at radius 2 is 1.60 bits per heavy atom. The number of hydrogen-bond donors (Lipinski definition) is 3. The Kier molecular flexibility index (Phi) is 8.19. The number of sulfonamides is 1. The van der Waals surface area contributed by atoms with Gasteiger partial charge in [-0.2, -0.15) is 0 Å². The molecule has 2 rings (SSSR count). The highest BCUT2D eigenvalue weighted by Crippen LogP contribution is 2.27. The van der Waals surface area contributed by atoms with Gasteiger partial charge in [-0.15, -0.1) is 0 Å². The summed E-state index contributed by atoms with van der Waals surface area (Å²) in [6, 6.07) is 11.0. The molecule has 0 aliphatic carbocycles. The topological polar surface area (TPSA) is 123 Å². The van der Waals surface area contributed by atoms with E-state index < -0.39 is 10.0 Å². The Morgan fingerprint density at radius 3 is 2.20 bits per heavy atom. The number of rotatable bonds is 10. The number of anilines is 1. The van der Waals surface area contributed by atoms with E-state index >= 15 is 0 Å². The van der Waals surface area contributed by atoms with Crippen LogP contribution in [0.5, 0.6) is 11.5 Å². The molecular formula is C20H25N3O6S. The van der Waals surface area contributed by atoms with Crippen molar-refractivity contribution in [1.29, 1.82) is 0 Å². The molecule has 0 unspecified atom stereocenters. The predicted molar refractivity (Wildman–Crippen MR) is 112 cm³/mol. The largest absolute Gasteiger partial charge is 0.493 e. The molecule has 0 fully saturated rings. The van der Waals surface area contributed by atoms with Crippen molar-refractivity contribution in [2.45, 2.75) is 18.2 Å². The summed E-state index contributed by atoms with van der Waals surface area (Å²) >= 11 is 0. The first-order valence-electron chi connectivity index (χ1n) is 9.10. The Bertz CT molecular complexity index is 990. The molecule has 0 saturated heterocycles. The van der Waals surface area contributed by atoms with E-state index in [1.807, 2.05) is 0 Å². The molecule has 2 amide bonds. The quantitative estimate of drug-likeness (QED) is 0.484. The molecule has 0 saturated carbocycles. The van der Waals surface area contributed by atoms with Crippen molar-refractivity contribution in [3.05, 3.63) is 48.0 Å². The van der Waals surface area contributed by atoms with E-state index in [0.717, 1.165) is 5.56 Å². The molecule has 0 aromatic heterocycles. The smallest absolute Gasteiger partial charge is 0.240 e. The van der Waals surface area contributed by atoms with E-state index in [1.54, 1.807) is 18.2 Å². The minimum atomic E-state index is -3.72. The summed E-state index contributed by atoms with van der Waals surface area (Å²) in [5.74, 6) is 0.606. The van der Waals surface area contributed by atoms with Gasteiger partial charge < -0.3 is 20.1 Å². The monoisotopic (exact) mass is 435 g/mol. The SMILES string of the molecule is COc1ccc(CC(=O)NCCNS(=O)(=O)c2ccc(NC(C)=O)cc2)cc1OC. The number of hydrogen-bond acceptors (Lipinski definition) is 6. The Hall–Kier alpha value is -3.11. The van der Waals surface area contributed by atoms with Crippen molar-refractivity contribution in [2.75, 3.05) is 32.6 Å². The lowest BCUT2D eigenvalue weighted by molar-refractivity contribution is -0.120. The minimum absolute atomic E-state index is 0.0352. The predicted octanol–water partition coefficient (Wildman–Crippen LogP) is 1.30. The lowest BCUT2D eigenvalue weighted by Gasteiger charge is -2.11. The zero-order valence-corrected chi connectivity index (χ0v) is 17.8. The summed E-state index contributed by atoms with van der Waals surface area (Å²) < 4.78 is 37.4. The van der Waals surface area contributed by atoms with Crippen LogP contribution in [0.25, 0.3) is 0 Å². The van der Waals surface area contributed by atoms with E-state index in [-0.39, 0.29) is 36.2 Å². The number of amides is 2. The maximum Gasteiger partial charge on any atom is 0.240 e. The number of methoxy groups -OCH3 is 2. The van der Waals surface area contributed by atoms with Gasteiger partial charge in [0.25, 0.3) is 0 Å². The fraction of sp³-hybridized carbons (Fsp3) is 0.300. The van der Waals surface area contributed by atoms with Crippen LogP contribution in [0.2, 0.25) is 0 Å². The zero-order chi connectivity index (χ0) is 22.1. The minimum Gasteiger partial charge on any atom is -0.493 e. The van der Waals surface area contributed by atoms with Gasteiger partial charge in [-0.1, -0.05) is 6.07 Å². The molecule has 9 nitrogen and oxygen atoms in total. The number of carbonyl (C=O) groups is 2. The zero-order valence-electron chi connectivity index (χ0n) is 17.0. The molecular weight excluding hydrogens is 410 g/mol. The van der Waals surface area contributed by atoms with Gasteiger partial charge in [0.15, 0.2) is 11.5 Å². The molecule has 30 heavy (non-hydrogen) atoms. The lowest BCUT2D eigenvalue weighted by atomic mass is 10.1. The van der Waals surface area contributed by atoms with Crippen molar-refractivity contribution >= 4 is 27.5 Å². The van der Waals surface area contributed by atoms with Gasteiger partial charge in [0, 0.05) is 25.7 Å². The number of benzene rings is 2. The first-order valence-corrected chi connectivity index (χ1v) is 10.6. The van der Waals surface area contributed by atoms with Crippen LogP contribution in [0, 0.1) is 0 Å². The Balaban J connectivity index is 1.82. The molecule has 0 aliphatic rings. The van der Waals surface area contributed by atoms with E-state index in [9.17, 15) is 18.0 Å². The maximum absolute atomic E-state index is 12.3. The van der Waals surface area contributed by atoms with Crippen LogP contribution in [0.3, 0.4) is 0 Å². The van der Waals surface area contributed by atoms with Gasteiger partial charge in [-0.05, 0) is 42.0 Å². The van der Waals surface area contributed by atoms with Gasteiger partial charge in [0.05, 0.1) is 25.5 Å². The average molecular weight is 436 g/mol. The van der Waals surface area contributed by atoms with Crippen LogP contribution in [-0.2, 0) is 26.0 Å². The summed E-state index contributed by atoms with van der Waals surface area (Å²) in [7, 11) is -0.678. The number of nitrogens with one attached hydrogen (secondary N) is 3. The normalized spacial score (nSPS) is 10.9. The van der Waals surface area contributed by atoms with E-state index in [4.69, 9.17) is 9.47 Å². The van der Waals surface area contributed by atoms with Gasteiger partial charge >= 0.3 is 0 Å². The number of ether oxygens (including phenoxy) is 2. The van der Waals surface area contributed by atoms with Crippen LogP contribution < -0.4 is 24.8 Å². The standard InChI is InChI=1S/C20H25N3O6S/c1-14(24)23-16-5-7-17(8-6-16)30(26,27)22-11-10-21-20(25)13-15-4-9-18(28-2)19(12-15)29-3/h4-9,12,22H,10-11,13H2,1-3H3,(H,21,25)(H,23,24). The highest BCUT2D eigenvalue weighted by molar-refractivity contribution is 7.89. The van der Waals surface area contributed by atoms with Crippen LogP contribution in [-0.4, -0.2) is 47.5 Å². The van der Waals surface area contributed by atoms with Crippen LogP contribution in [0.4, 0.5) is 5.69 Å². The van der Waals surface area contributed by atoms with Crippen LogP contribution in [0.1, 0.15) is 12.5 Å². The highest BCUT2D eigenvalue weighted by atomic mass is 32.2. The molecule has 2 aromatic rings. The first kappa shape index (κ1) is 23.2. The lowest BCUT2D eigenvalue weighted by Crippen LogP contribution is -2.35. The van der Waals surface area contributed by atoms with Gasteiger partial charge in [0.2, 0.25) is 21.8 Å². The molecule has 10 heteroatoms. The molecule has 0 radical (unpaired) electrons. The number of carbonyl (C=O) groups excluding carboxylic acids is 2. The van der Waals surface area contributed by atoms with Crippen molar-refractivity contribution in [2.24, 2.45) is 0 Å². The Morgan fingerprint density at radius 1 is 0.933 bits per heavy atom. The third-order valence-electron chi connectivity index (χ3n) is 4.04. The fourth-order valence-electron chi connectivity index (χ4n) is 2.63. The second-order valence-corrected chi connectivity index (χ2v) is 8.09. The summed E-state index contributed by atoms with van der Waals surface area (Å²) in [6.45, 7) is 1.54. The Labute approximate surface area is 175 Å². The third kappa shape index (κ3) is 6.75. The van der Waals surface area contributed by atoms with Crippen molar-refractivity contribution < 1.29 is 27.5 Å². The first-order chi connectivity index (χ1) is 14.2. The molecule has 3 N–H and O–H groups in total. The average Bonchev–Trinajstić information content (AvgIpc) is 2.71. The van der Waals surface area contributed by atoms with Crippen LogP contribution in [0.15, 0.2) is 47.4 Å². The van der Waals surface area contributed by atoms with E-state index in [1.165, 1.54) is 45.4 Å². The molecule has 0 atom stereocenters. The molecule has 2 aromatic carbocycles. The van der Waals surface area contributed by atoms with Crippen molar-refractivity contribution in [1.82, 2.24) is 10.0 Å². The molecule has 0 spiro atoms. The van der Waals surface area contributed by atoms with Crippen LogP contribution >= 0.6 is 0 Å². The second-order valence-electron chi connectivity index (χ2n) is 6.32. The molecule has 162 valence electrons. The summed E-state index contributed by atoms with van der Waals surface area (Å²) in [5.41, 5.74) is 1.24. The molecule has 0 heterocycles. The van der Waals surface area contributed by atoms with E-state index in [0.29, 0.717) is 17.2 Å². The van der Waals surface area contributed by atoms with E-state index in [2.05, 4.69) is 15.4 Å². The molecule has 0 aliphatic heterocycles.